The molecule has 1 aliphatic heterocycles. The van der Waals surface area contributed by atoms with Gasteiger partial charge >= 0.3 is 0 Å². The minimum atomic E-state index is -0.450. The van der Waals surface area contributed by atoms with E-state index < -0.39 is 6.04 Å². The molecular weight excluding hydrogens is 472 g/mol. The second-order valence-corrected chi connectivity index (χ2v) is 11.8. The summed E-state index contributed by atoms with van der Waals surface area (Å²) in [6.07, 6.45) is 8.62. The monoisotopic (exact) mass is 516 g/mol. The van der Waals surface area contributed by atoms with Crippen LogP contribution in [-0.2, 0) is 11.3 Å². The van der Waals surface area contributed by atoms with Gasteiger partial charge in [0.15, 0.2) is 0 Å². The number of hydrogen-bond acceptors (Lipinski definition) is 4. The quantitative estimate of drug-likeness (QED) is 0.514. The lowest BCUT2D eigenvalue weighted by molar-refractivity contribution is -0.128. The summed E-state index contributed by atoms with van der Waals surface area (Å²) in [7, 11) is 0. The Morgan fingerprint density at radius 1 is 0.921 bits per heavy atom. The number of nitrogens with zero attached hydrogens (tertiary/aromatic N) is 2. The van der Waals surface area contributed by atoms with Gasteiger partial charge in [-0.2, -0.15) is 0 Å². The van der Waals surface area contributed by atoms with Crippen LogP contribution in [0.15, 0.2) is 54.6 Å². The Bertz CT molecular complexity index is 1070. The van der Waals surface area contributed by atoms with Crippen LogP contribution in [0.3, 0.4) is 0 Å². The molecular formula is C32H44N4O2. The molecule has 0 aromatic heterocycles. The summed E-state index contributed by atoms with van der Waals surface area (Å²) < 4.78 is 0. The Labute approximate surface area is 228 Å². The number of likely N-dealkylation sites (tertiary alicyclic amines) is 1. The second-order valence-electron chi connectivity index (χ2n) is 11.8. The highest BCUT2D eigenvalue weighted by Crippen LogP contribution is 2.35. The SMILES string of the molecule is Cc1ccc(C(=O)N2CCC(N(Cc3ccccc3)C3CC3)C[C@@H]2C(=O)NCC2CCCC(CN)C2)cc1. The standard InChI is InChI=1S/C32H44N4O2/c1-23-10-12-27(13-11-23)32(38)35-17-16-29(36(28-14-15-28)22-24-6-3-2-4-7-24)19-30(35)31(37)34-21-26-9-5-8-25(18-26)20-33/h2-4,6-7,10-13,25-26,28-30H,5,8-9,14-22,33H2,1H3,(H,34,37)/t25?,26?,29?,30-/m1/s1. The second kappa shape index (κ2) is 12.4. The third kappa shape index (κ3) is 6.65. The summed E-state index contributed by atoms with van der Waals surface area (Å²) >= 11 is 0. The van der Waals surface area contributed by atoms with E-state index in [9.17, 15) is 9.59 Å². The topological polar surface area (TPSA) is 78.7 Å². The molecule has 1 saturated heterocycles. The molecule has 0 radical (unpaired) electrons. The molecule has 3 N–H and O–H groups in total. The normalized spacial score (nSPS) is 25.8. The van der Waals surface area contributed by atoms with Gasteiger partial charge in [-0.3, -0.25) is 14.5 Å². The Kier molecular flexibility index (Phi) is 8.80. The largest absolute Gasteiger partial charge is 0.354 e. The van der Waals surface area contributed by atoms with Gasteiger partial charge in [0, 0.05) is 37.3 Å². The summed E-state index contributed by atoms with van der Waals surface area (Å²) in [5.41, 5.74) is 9.04. The maximum atomic E-state index is 13.8. The van der Waals surface area contributed by atoms with Crippen molar-refractivity contribution < 1.29 is 9.59 Å². The molecule has 2 aromatic rings. The van der Waals surface area contributed by atoms with Crippen LogP contribution < -0.4 is 11.1 Å². The van der Waals surface area contributed by atoms with Crippen LogP contribution in [-0.4, -0.2) is 59.4 Å². The molecule has 2 saturated carbocycles. The third-order valence-corrected chi connectivity index (χ3v) is 8.92. The lowest BCUT2D eigenvalue weighted by atomic mass is 9.81. The van der Waals surface area contributed by atoms with Gasteiger partial charge in [0.05, 0.1) is 0 Å². The first-order valence-electron chi connectivity index (χ1n) is 14.7. The highest BCUT2D eigenvalue weighted by atomic mass is 16.2. The van der Waals surface area contributed by atoms with E-state index in [1.807, 2.05) is 36.1 Å². The van der Waals surface area contributed by atoms with Gasteiger partial charge < -0.3 is 16.0 Å². The van der Waals surface area contributed by atoms with Crippen LogP contribution >= 0.6 is 0 Å². The zero-order valence-electron chi connectivity index (χ0n) is 22.9. The van der Waals surface area contributed by atoms with Gasteiger partial charge in [-0.25, -0.2) is 0 Å². The van der Waals surface area contributed by atoms with Crippen molar-refractivity contribution in [2.45, 2.75) is 83.0 Å². The van der Waals surface area contributed by atoms with Crippen molar-refractivity contribution in [1.29, 1.82) is 0 Å². The van der Waals surface area contributed by atoms with Crippen LogP contribution in [0.25, 0.3) is 0 Å². The minimum absolute atomic E-state index is 0.000455. The summed E-state index contributed by atoms with van der Waals surface area (Å²) in [6, 6.07) is 18.8. The molecule has 38 heavy (non-hydrogen) atoms. The number of aryl methyl sites for hydroxylation is 1. The lowest BCUT2D eigenvalue weighted by Crippen LogP contribution is -2.58. The number of benzene rings is 2. The van der Waals surface area contributed by atoms with E-state index in [0.29, 0.717) is 43.0 Å². The van der Waals surface area contributed by atoms with Crippen LogP contribution in [0.2, 0.25) is 0 Å². The van der Waals surface area contributed by atoms with E-state index in [2.05, 4.69) is 40.5 Å². The van der Waals surface area contributed by atoms with E-state index in [4.69, 9.17) is 5.73 Å². The smallest absolute Gasteiger partial charge is 0.254 e. The van der Waals surface area contributed by atoms with E-state index in [1.54, 1.807) is 0 Å². The molecule has 5 rings (SSSR count). The average molecular weight is 517 g/mol. The molecule has 1 heterocycles. The Morgan fingerprint density at radius 2 is 1.66 bits per heavy atom. The molecule has 6 nitrogen and oxygen atoms in total. The van der Waals surface area contributed by atoms with Crippen LogP contribution in [0.4, 0.5) is 0 Å². The summed E-state index contributed by atoms with van der Waals surface area (Å²) in [6.45, 7) is 4.94. The Hall–Kier alpha value is -2.70. The molecule has 2 amide bonds. The van der Waals surface area contributed by atoms with E-state index in [-0.39, 0.29) is 17.9 Å². The molecule has 0 spiro atoms. The Morgan fingerprint density at radius 3 is 2.37 bits per heavy atom. The first kappa shape index (κ1) is 26.9. The summed E-state index contributed by atoms with van der Waals surface area (Å²) in [4.78, 5) is 31.9. The first-order valence-corrected chi connectivity index (χ1v) is 14.7. The van der Waals surface area contributed by atoms with E-state index >= 15 is 0 Å². The van der Waals surface area contributed by atoms with E-state index in [1.165, 1.54) is 31.2 Å². The molecule has 2 aromatic carbocycles. The van der Waals surface area contributed by atoms with E-state index in [0.717, 1.165) is 37.9 Å². The number of piperidine rings is 1. The average Bonchev–Trinajstić information content (AvgIpc) is 3.80. The van der Waals surface area contributed by atoms with Crippen LogP contribution in [0.5, 0.6) is 0 Å². The van der Waals surface area contributed by atoms with Crippen molar-refractivity contribution >= 4 is 11.8 Å². The third-order valence-electron chi connectivity index (χ3n) is 8.92. The van der Waals surface area contributed by atoms with Crippen molar-refractivity contribution in [1.82, 2.24) is 15.1 Å². The number of nitrogens with two attached hydrogens (primary N) is 1. The molecule has 6 heteroatoms. The number of rotatable bonds is 9. The number of carbonyl (C=O) groups is 2. The first-order chi connectivity index (χ1) is 18.5. The van der Waals surface area contributed by atoms with Crippen LogP contribution in [0, 0.1) is 18.8 Å². The fourth-order valence-corrected chi connectivity index (χ4v) is 6.52. The Balaban J connectivity index is 1.31. The van der Waals surface area contributed by atoms with Crippen molar-refractivity contribution in [3.63, 3.8) is 0 Å². The van der Waals surface area contributed by atoms with Gasteiger partial charge in [0.25, 0.3) is 5.91 Å². The van der Waals surface area contributed by atoms with Crippen molar-refractivity contribution in [2.24, 2.45) is 17.6 Å². The van der Waals surface area contributed by atoms with Gasteiger partial charge in [-0.05, 0) is 87.9 Å². The van der Waals surface area contributed by atoms with Gasteiger partial charge in [-0.1, -0.05) is 54.4 Å². The predicted octanol–water partition coefficient (Wildman–Crippen LogP) is 4.51. The minimum Gasteiger partial charge on any atom is -0.354 e. The molecule has 2 aliphatic carbocycles. The number of hydrogen-bond donors (Lipinski definition) is 2. The molecule has 3 fully saturated rings. The highest BCUT2D eigenvalue weighted by molar-refractivity contribution is 5.97. The highest BCUT2D eigenvalue weighted by Gasteiger charge is 2.42. The zero-order chi connectivity index (χ0) is 26.5. The predicted molar refractivity (Wildman–Crippen MR) is 152 cm³/mol. The fourth-order valence-electron chi connectivity index (χ4n) is 6.52. The maximum Gasteiger partial charge on any atom is 0.254 e. The number of carbonyl (C=O) groups excluding carboxylic acids is 2. The van der Waals surface area contributed by atoms with Gasteiger partial charge in [0.1, 0.15) is 6.04 Å². The fraction of sp³-hybridized carbons (Fsp3) is 0.562. The lowest BCUT2D eigenvalue weighted by Gasteiger charge is -2.43. The van der Waals surface area contributed by atoms with Gasteiger partial charge in [-0.15, -0.1) is 0 Å². The molecule has 3 unspecified atom stereocenters. The summed E-state index contributed by atoms with van der Waals surface area (Å²) in [5, 5.41) is 3.27. The van der Waals surface area contributed by atoms with Crippen molar-refractivity contribution in [3.8, 4) is 0 Å². The van der Waals surface area contributed by atoms with Crippen LogP contribution in [0.1, 0.15) is 72.9 Å². The molecule has 3 aliphatic rings. The number of amides is 2. The molecule has 204 valence electrons. The maximum absolute atomic E-state index is 13.8. The molecule has 4 atom stereocenters. The van der Waals surface area contributed by atoms with Crippen molar-refractivity contribution in [2.75, 3.05) is 19.6 Å². The number of nitrogens with one attached hydrogen (secondary N) is 1. The zero-order valence-corrected chi connectivity index (χ0v) is 22.9. The molecule has 0 bridgehead atoms. The summed E-state index contributed by atoms with van der Waals surface area (Å²) in [5.74, 6) is 1.00. The van der Waals surface area contributed by atoms with Crippen molar-refractivity contribution in [3.05, 3.63) is 71.3 Å². The van der Waals surface area contributed by atoms with Gasteiger partial charge in [0.2, 0.25) is 5.91 Å².